The third-order valence-corrected chi connectivity index (χ3v) is 6.44. The van der Waals surface area contributed by atoms with Gasteiger partial charge in [0.05, 0.1) is 11.4 Å². The summed E-state index contributed by atoms with van der Waals surface area (Å²) in [5, 5.41) is 8.41. The number of hydrogen-bond donors (Lipinski definition) is 2. The van der Waals surface area contributed by atoms with E-state index in [0.29, 0.717) is 22.8 Å². The van der Waals surface area contributed by atoms with Crippen molar-refractivity contribution in [3.63, 3.8) is 0 Å². The fourth-order valence-electron chi connectivity index (χ4n) is 3.59. The molecule has 0 unspecified atom stereocenters. The highest BCUT2D eigenvalue weighted by Crippen LogP contribution is 2.17. The number of rotatable bonds is 7. The monoisotopic (exact) mass is 468 g/mol. The Labute approximate surface area is 196 Å². The van der Waals surface area contributed by atoms with E-state index in [9.17, 15) is 9.59 Å². The molecule has 1 aliphatic rings. The van der Waals surface area contributed by atoms with Gasteiger partial charge in [0.1, 0.15) is 0 Å². The first kappa shape index (κ1) is 22.5. The summed E-state index contributed by atoms with van der Waals surface area (Å²) in [6.07, 6.45) is 0. The first-order valence-corrected chi connectivity index (χ1v) is 11.7. The van der Waals surface area contributed by atoms with Crippen molar-refractivity contribution < 1.29 is 9.59 Å². The molecule has 3 aromatic rings. The summed E-state index contributed by atoms with van der Waals surface area (Å²) in [5.41, 5.74) is 2.65. The lowest BCUT2D eigenvalue weighted by Gasteiger charge is -2.34. The second-order valence-corrected chi connectivity index (χ2v) is 9.12. The lowest BCUT2D eigenvalue weighted by Crippen LogP contribution is -2.48. The highest BCUT2D eigenvalue weighted by atomic mass is 35.5. The first-order chi connectivity index (χ1) is 15.5. The van der Waals surface area contributed by atoms with Crippen LogP contribution < -0.4 is 10.6 Å². The minimum Gasteiger partial charge on any atom is -0.325 e. The number of halogens is 1. The normalized spacial score (nSPS) is 14.8. The molecular formula is C24H25ClN4O2S. The minimum atomic E-state index is -0.132. The largest absolute Gasteiger partial charge is 0.325 e. The number of hydrogen-bond acceptors (Lipinski definition) is 5. The summed E-state index contributed by atoms with van der Waals surface area (Å²) < 4.78 is 0. The maximum absolute atomic E-state index is 12.5. The number of thiophene rings is 1. The van der Waals surface area contributed by atoms with E-state index >= 15 is 0 Å². The topological polar surface area (TPSA) is 64.7 Å². The van der Waals surface area contributed by atoms with Crippen molar-refractivity contribution in [3.05, 3.63) is 81.5 Å². The van der Waals surface area contributed by atoms with Gasteiger partial charge in [-0.2, -0.15) is 0 Å². The van der Waals surface area contributed by atoms with Crippen LogP contribution >= 0.6 is 22.9 Å². The van der Waals surface area contributed by atoms with Gasteiger partial charge in [0.2, 0.25) is 5.91 Å². The Hall–Kier alpha value is -2.71. The molecule has 166 valence electrons. The Bertz CT molecular complexity index is 1030. The molecule has 4 rings (SSSR count). The molecule has 0 aliphatic carbocycles. The number of amides is 2. The van der Waals surface area contributed by atoms with Gasteiger partial charge in [-0.3, -0.25) is 19.4 Å². The van der Waals surface area contributed by atoms with E-state index in [1.54, 1.807) is 30.3 Å². The van der Waals surface area contributed by atoms with Gasteiger partial charge in [0, 0.05) is 49.1 Å². The molecule has 1 aromatic heterocycles. The Morgan fingerprint density at radius 1 is 0.844 bits per heavy atom. The molecule has 1 saturated heterocycles. The van der Waals surface area contributed by atoms with E-state index < -0.39 is 0 Å². The molecule has 32 heavy (non-hydrogen) atoms. The van der Waals surface area contributed by atoms with Gasteiger partial charge in [-0.1, -0.05) is 29.8 Å². The Morgan fingerprint density at radius 2 is 1.47 bits per heavy atom. The Balaban J connectivity index is 1.19. The first-order valence-electron chi connectivity index (χ1n) is 10.5. The third-order valence-electron chi connectivity index (χ3n) is 5.32. The van der Waals surface area contributed by atoms with Gasteiger partial charge in [-0.25, -0.2) is 0 Å². The van der Waals surface area contributed by atoms with Crippen LogP contribution in [0.4, 0.5) is 11.4 Å². The van der Waals surface area contributed by atoms with Crippen LogP contribution in [0.2, 0.25) is 5.02 Å². The Kier molecular flexibility index (Phi) is 7.55. The fraction of sp³-hybridized carbons (Fsp3) is 0.250. The zero-order valence-corrected chi connectivity index (χ0v) is 19.2. The molecule has 2 N–H and O–H groups in total. The zero-order chi connectivity index (χ0) is 22.3. The lowest BCUT2D eigenvalue weighted by molar-refractivity contribution is -0.117. The summed E-state index contributed by atoms with van der Waals surface area (Å²) in [7, 11) is 0. The molecule has 2 heterocycles. The maximum Gasteiger partial charge on any atom is 0.265 e. The molecule has 0 saturated carbocycles. The summed E-state index contributed by atoms with van der Waals surface area (Å²) in [5.74, 6) is -0.168. The average molecular weight is 469 g/mol. The van der Waals surface area contributed by atoms with Gasteiger partial charge >= 0.3 is 0 Å². The Morgan fingerprint density at radius 3 is 2.09 bits per heavy atom. The smallest absolute Gasteiger partial charge is 0.265 e. The number of piperazine rings is 1. The third kappa shape index (κ3) is 6.40. The van der Waals surface area contributed by atoms with Crippen LogP contribution in [-0.4, -0.2) is 54.3 Å². The van der Waals surface area contributed by atoms with Gasteiger partial charge in [0.25, 0.3) is 5.91 Å². The van der Waals surface area contributed by atoms with Crippen LogP contribution in [0.15, 0.2) is 66.0 Å². The molecular weight excluding hydrogens is 444 g/mol. The van der Waals surface area contributed by atoms with Crippen molar-refractivity contribution >= 4 is 46.1 Å². The minimum absolute atomic E-state index is 0.0356. The van der Waals surface area contributed by atoms with Crippen molar-refractivity contribution in [2.75, 3.05) is 43.4 Å². The van der Waals surface area contributed by atoms with Crippen molar-refractivity contribution in [1.82, 2.24) is 9.80 Å². The molecule has 2 aromatic carbocycles. The number of nitrogens with zero attached hydrogens (tertiary/aromatic N) is 2. The van der Waals surface area contributed by atoms with E-state index in [1.807, 2.05) is 23.6 Å². The quantitative estimate of drug-likeness (QED) is 0.539. The van der Waals surface area contributed by atoms with E-state index in [2.05, 4.69) is 32.6 Å². The standard InChI is InChI=1S/C24H25ClN4O2S/c25-19-5-3-18(4-6-19)16-28-11-13-29(14-12-28)17-23(30)26-20-7-9-21(10-8-20)27-24(31)22-2-1-15-32-22/h1-10,15H,11-14,16-17H2,(H,26,30)(H,27,31). The average Bonchev–Trinajstić information content (AvgIpc) is 3.33. The van der Waals surface area contributed by atoms with Crippen molar-refractivity contribution in [1.29, 1.82) is 0 Å². The van der Waals surface area contributed by atoms with Crippen LogP contribution in [0.1, 0.15) is 15.2 Å². The van der Waals surface area contributed by atoms with E-state index in [4.69, 9.17) is 11.6 Å². The predicted molar refractivity (Wildman–Crippen MR) is 131 cm³/mol. The summed E-state index contributed by atoms with van der Waals surface area (Å²) in [4.78, 5) is 29.8. The van der Waals surface area contributed by atoms with Crippen LogP contribution in [0.5, 0.6) is 0 Å². The SMILES string of the molecule is O=C(CN1CCN(Cc2ccc(Cl)cc2)CC1)Nc1ccc(NC(=O)c2cccs2)cc1. The van der Waals surface area contributed by atoms with Crippen LogP contribution in [0.3, 0.4) is 0 Å². The maximum atomic E-state index is 12.5. The van der Waals surface area contributed by atoms with Gasteiger partial charge in [-0.15, -0.1) is 11.3 Å². The molecule has 8 heteroatoms. The second kappa shape index (κ2) is 10.7. The lowest BCUT2D eigenvalue weighted by atomic mass is 10.2. The number of carbonyl (C=O) groups is 2. The number of carbonyl (C=O) groups excluding carboxylic acids is 2. The van der Waals surface area contributed by atoms with Gasteiger partial charge in [-0.05, 0) is 53.4 Å². The molecule has 1 aliphatic heterocycles. The summed E-state index contributed by atoms with van der Waals surface area (Å²) in [6.45, 7) is 4.82. The van der Waals surface area contributed by atoms with Crippen molar-refractivity contribution in [3.8, 4) is 0 Å². The van der Waals surface area contributed by atoms with Crippen LogP contribution in [-0.2, 0) is 11.3 Å². The number of anilines is 2. The molecule has 0 atom stereocenters. The van der Waals surface area contributed by atoms with E-state index in [-0.39, 0.29) is 11.8 Å². The van der Waals surface area contributed by atoms with E-state index in [0.717, 1.165) is 37.7 Å². The highest BCUT2D eigenvalue weighted by Gasteiger charge is 2.19. The molecule has 2 amide bonds. The van der Waals surface area contributed by atoms with Crippen LogP contribution in [0, 0.1) is 0 Å². The van der Waals surface area contributed by atoms with Crippen LogP contribution in [0.25, 0.3) is 0 Å². The predicted octanol–water partition coefficient (Wildman–Crippen LogP) is 4.41. The van der Waals surface area contributed by atoms with Gasteiger partial charge in [0.15, 0.2) is 0 Å². The summed E-state index contributed by atoms with van der Waals surface area (Å²) >= 11 is 7.35. The molecule has 6 nitrogen and oxygen atoms in total. The second-order valence-electron chi connectivity index (χ2n) is 7.74. The van der Waals surface area contributed by atoms with E-state index in [1.165, 1.54) is 16.9 Å². The zero-order valence-electron chi connectivity index (χ0n) is 17.6. The van der Waals surface area contributed by atoms with Crippen molar-refractivity contribution in [2.24, 2.45) is 0 Å². The number of nitrogens with one attached hydrogen (secondary N) is 2. The molecule has 0 bridgehead atoms. The number of benzene rings is 2. The summed E-state index contributed by atoms with van der Waals surface area (Å²) in [6, 6.07) is 18.8. The van der Waals surface area contributed by atoms with Crippen molar-refractivity contribution in [2.45, 2.75) is 6.54 Å². The van der Waals surface area contributed by atoms with Gasteiger partial charge < -0.3 is 10.6 Å². The fourth-order valence-corrected chi connectivity index (χ4v) is 4.34. The molecule has 0 spiro atoms. The molecule has 0 radical (unpaired) electrons. The molecule has 1 fully saturated rings. The highest BCUT2D eigenvalue weighted by molar-refractivity contribution is 7.12.